The van der Waals surface area contributed by atoms with E-state index in [0.717, 1.165) is 99.4 Å². The van der Waals surface area contributed by atoms with Crippen LogP contribution in [0.5, 0.6) is 0 Å². The lowest BCUT2D eigenvalue weighted by molar-refractivity contribution is 1.07. The van der Waals surface area contributed by atoms with Crippen LogP contribution in [0.3, 0.4) is 0 Å². The highest BCUT2D eigenvalue weighted by Crippen LogP contribution is 2.48. The molecule has 0 saturated heterocycles. The zero-order chi connectivity index (χ0) is 97.5. The summed E-state index contributed by atoms with van der Waals surface area (Å²) < 4.78 is 7.42. The molecule has 6 heterocycles. The maximum Gasteiger partial charge on any atom is 0.164 e. The Hall–Kier alpha value is -18.7. The van der Waals surface area contributed by atoms with Gasteiger partial charge in [0.05, 0.1) is 0 Å². The molecule has 22 aromatic carbocycles. The van der Waals surface area contributed by atoms with Gasteiger partial charge < -0.3 is 0 Å². The normalized spacial score (nSPS) is 11.4. The molecule has 0 aliphatic heterocycles. The van der Waals surface area contributed by atoms with Crippen molar-refractivity contribution in [2.45, 2.75) is 0 Å². The van der Waals surface area contributed by atoms with E-state index < -0.39 is 0 Å². The Kier molecular flexibility index (Phi) is 23.5. The first-order valence-electron chi connectivity index (χ1n) is 49.2. The first-order chi connectivity index (χ1) is 72.8. The second kappa shape index (κ2) is 39.0. The third-order valence-electron chi connectivity index (χ3n) is 27.4. The summed E-state index contributed by atoms with van der Waals surface area (Å²) in [7, 11) is 0. The molecule has 6 aromatic heterocycles. The lowest BCUT2D eigenvalue weighted by Gasteiger charge is -2.13. The first-order valence-corrected chi connectivity index (χ1v) is 51.6. The van der Waals surface area contributed by atoms with Gasteiger partial charge in [-0.1, -0.05) is 467 Å². The molecule has 0 spiro atoms. The average molecular weight is 1930 g/mol. The summed E-state index contributed by atoms with van der Waals surface area (Å²) in [5.74, 6) is 5.88. The summed E-state index contributed by atoms with van der Waals surface area (Å²) in [6.07, 6.45) is 0. The minimum absolute atomic E-state index is 0.646. The molecule has 0 unspecified atom stereocenters. The van der Waals surface area contributed by atoms with Gasteiger partial charge in [0.25, 0.3) is 0 Å². The third-order valence-corrected chi connectivity index (χ3v) is 30.8. The van der Waals surface area contributed by atoms with Gasteiger partial charge in [-0.05, 0) is 159 Å². The van der Waals surface area contributed by atoms with Crippen LogP contribution in [0, 0.1) is 0 Å². The van der Waals surface area contributed by atoms with E-state index in [9.17, 15) is 0 Å². The maximum absolute atomic E-state index is 5.23. The monoisotopic (exact) mass is 1930 g/mol. The Balaban J connectivity index is 0.000000112. The summed E-state index contributed by atoms with van der Waals surface area (Å²) in [5, 5.41) is 14.5. The van der Waals surface area contributed by atoms with Crippen LogP contribution in [-0.4, -0.2) is 44.9 Å². The summed E-state index contributed by atoms with van der Waals surface area (Å²) in [6, 6.07) is 181. The standard InChI is InChI=1S/C47H29N3S.C45H29N3S.C43H27N3S/c1-3-12-30(13-4-1)31-22-24-33(25-23-31)45-48-46(50-47(49-45)41-28-34-16-7-8-17-36(34)38-18-9-10-19-39(38)41)35-26-27-40-43(29-35)51-42-21-11-20-37(44(40)42)32-14-5-2-6-15-32;1-4-12-30(13-5-1)32-22-24-34(25-23-32)43-46-44(36-19-10-18-35(28-36)31-14-6-2-7-15-31)48-45(47-43)37-26-27-39-41(29-37)49-40-21-11-20-38(42(39)40)33-16-8-3-9-17-33;1-3-11-28(12-4-1)29-21-23-32(24-22-29)41-44-42(46-43(45-41)36-19-9-16-30-15-7-8-17-34(30)36)33-25-26-37-39(27-33)47-38-20-10-18-35(40(37)38)31-13-5-2-6-14-31/h1-29H;1-29H;1-27H. The van der Waals surface area contributed by atoms with Gasteiger partial charge >= 0.3 is 0 Å². The van der Waals surface area contributed by atoms with E-state index in [4.69, 9.17) is 44.9 Å². The van der Waals surface area contributed by atoms with Crippen molar-refractivity contribution in [1.82, 2.24) is 44.9 Å². The van der Waals surface area contributed by atoms with Gasteiger partial charge in [-0.3, -0.25) is 0 Å². The molecule has 12 heteroatoms. The van der Waals surface area contributed by atoms with Gasteiger partial charge in [-0.15, -0.1) is 34.0 Å². The highest BCUT2D eigenvalue weighted by Gasteiger charge is 2.24. The summed E-state index contributed by atoms with van der Waals surface area (Å²) >= 11 is 5.43. The van der Waals surface area contributed by atoms with Crippen LogP contribution in [0.25, 0.3) is 273 Å². The smallest absolute Gasteiger partial charge is 0.164 e. The van der Waals surface area contributed by atoms with Gasteiger partial charge in [-0.25, -0.2) is 44.9 Å². The van der Waals surface area contributed by atoms with Crippen molar-refractivity contribution in [3.05, 3.63) is 516 Å². The molecule has 0 atom stereocenters. The molecule has 28 rings (SSSR count). The Bertz CT molecular complexity index is 9810. The molecule has 28 aromatic rings. The van der Waals surface area contributed by atoms with E-state index in [1.807, 2.05) is 58.3 Å². The van der Waals surface area contributed by atoms with Crippen molar-refractivity contribution in [2.24, 2.45) is 0 Å². The maximum atomic E-state index is 5.23. The fraction of sp³-hybridized carbons (Fsp3) is 0. The average Bonchev–Trinajstić information content (AvgIpc) is 1.17. The number of rotatable bonds is 16. The number of thiophene rings is 3. The highest BCUT2D eigenvalue weighted by atomic mass is 32.1. The molecule has 0 bridgehead atoms. The molecule has 9 nitrogen and oxygen atoms in total. The predicted octanol–water partition coefficient (Wildman–Crippen LogP) is 36.9. The lowest BCUT2D eigenvalue weighted by Crippen LogP contribution is -2.01. The first kappa shape index (κ1) is 88.5. The Labute approximate surface area is 861 Å². The molecule has 688 valence electrons. The Morgan fingerprint density at radius 2 is 0.347 bits per heavy atom. The van der Waals surface area contributed by atoms with Crippen LogP contribution in [-0.2, 0) is 0 Å². The van der Waals surface area contributed by atoms with Crippen LogP contribution in [0.1, 0.15) is 0 Å². The molecule has 147 heavy (non-hydrogen) atoms. The van der Waals surface area contributed by atoms with Crippen LogP contribution < -0.4 is 0 Å². The van der Waals surface area contributed by atoms with Crippen molar-refractivity contribution in [3.8, 4) is 180 Å². The predicted molar refractivity (Wildman–Crippen MR) is 618 cm³/mol. The molecular weight excluding hydrogens is 1840 g/mol. The van der Waals surface area contributed by atoms with Crippen LogP contribution in [0.2, 0.25) is 0 Å². The van der Waals surface area contributed by atoms with Crippen molar-refractivity contribution >= 4 is 127 Å². The molecule has 0 amide bonds. The lowest BCUT2D eigenvalue weighted by atomic mass is 9.96. The second-order valence-corrected chi connectivity index (χ2v) is 39.7. The Morgan fingerprint density at radius 1 is 0.109 bits per heavy atom. The van der Waals surface area contributed by atoms with E-state index >= 15 is 0 Å². The van der Waals surface area contributed by atoms with Crippen molar-refractivity contribution in [2.75, 3.05) is 0 Å². The van der Waals surface area contributed by atoms with E-state index in [-0.39, 0.29) is 0 Å². The number of nitrogens with zero attached hydrogens (tertiary/aromatic N) is 9. The summed E-state index contributed by atoms with van der Waals surface area (Å²) in [6.45, 7) is 0. The molecule has 0 aliphatic rings. The van der Waals surface area contributed by atoms with Crippen LogP contribution in [0.4, 0.5) is 0 Å². The Morgan fingerprint density at radius 3 is 0.728 bits per heavy atom. The number of fused-ring (bicyclic) bond motifs is 13. The highest BCUT2D eigenvalue weighted by molar-refractivity contribution is 7.26. The van der Waals surface area contributed by atoms with E-state index in [1.165, 1.54) is 121 Å². The van der Waals surface area contributed by atoms with Gasteiger partial charge in [0.1, 0.15) is 0 Å². The SMILES string of the molecule is c1ccc(-c2ccc(-c3nc(-c4ccc5c(c4)sc4cccc(-c6ccccc6)c45)nc(-c4cc5ccccc5c5ccccc45)n3)cc2)cc1.c1ccc(-c2ccc(-c3nc(-c4ccc5c(c4)sc4cccc(-c6ccccc6)c45)nc(-c4cccc5ccccc45)n3)cc2)cc1.c1ccc(-c2ccc(-c3nc(-c4cccc(-c5ccccc5)c4)nc(-c4ccc5c(c4)sc4cccc(-c6ccccc6)c45)n3)cc2)cc1. The number of benzene rings is 22. The topological polar surface area (TPSA) is 116 Å². The molecule has 0 aliphatic carbocycles. The second-order valence-electron chi connectivity index (χ2n) is 36.5. The summed E-state index contributed by atoms with van der Waals surface area (Å²) in [5.41, 5.74) is 25.3. The summed E-state index contributed by atoms with van der Waals surface area (Å²) in [4.78, 5) is 46.1. The molecule has 0 N–H and O–H groups in total. The van der Waals surface area contributed by atoms with Crippen LogP contribution >= 0.6 is 34.0 Å². The number of hydrogen-bond acceptors (Lipinski definition) is 12. The molecular formula is C135H85N9S3. The van der Waals surface area contributed by atoms with Crippen molar-refractivity contribution in [1.29, 1.82) is 0 Å². The third kappa shape index (κ3) is 17.6. The molecule has 0 saturated carbocycles. The number of aromatic nitrogens is 9. The van der Waals surface area contributed by atoms with E-state index in [0.29, 0.717) is 52.4 Å². The van der Waals surface area contributed by atoms with Crippen molar-refractivity contribution in [3.63, 3.8) is 0 Å². The van der Waals surface area contributed by atoms with Gasteiger partial charge in [0.2, 0.25) is 0 Å². The zero-order valence-corrected chi connectivity index (χ0v) is 81.8. The zero-order valence-electron chi connectivity index (χ0n) is 79.3. The number of hydrogen-bond donors (Lipinski definition) is 0. The van der Waals surface area contributed by atoms with Gasteiger partial charge in [-0.2, -0.15) is 0 Å². The molecule has 0 fully saturated rings. The fourth-order valence-electron chi connectivity index (χ4n) is 20.2. The minimum atomic E-state index is 0.646. The largest absolute Gasteiger partial charge is 0.208 e. The fourth-order valence-corrected chi connectivity index (χ4v) is 23.7. The van der Waals surface area contributed by atoms with Crippen molar-refractivity contribution < 1.29 is 0 Å². The van der Waals surface area contributed by atoms with E-state index in [1.54, 1.807) is 0 Å². The minimum Gasteiger partial charge on any atom is -0.208 e. The van der Waals surface area contributed by atoms with Gasteiger partial charge in [0.15, 0.2) is 52.4 Å². The molecule has 0 radical (unpaired) electrons. The van der Waals surface area contributed by atoms with Gasteiger partial charge in [0, 0.05) is 111 Å². The van der Waals surface area contributed by atoms with Crippen LogP contribution in [0.15, 0.2) is 516 Å². The quantitative estimate of drug-likeness (QED) is 0.0872. The van der Waals surface area contributed by atoms with E-state index in [2.05, 4.69) is 491 Å².